The van der Waals surface area contributed by atoms with E-state index in [-0.39, 0.29) is 23.7 Å². The van der Waals surface area contributed by atoms with Gasteiger partial charge in [0.1, 0.15) is 0 Å². The molecule has 138 valence electrons. The van der Waals surface area contributed by atoms with E-state index >= 15 is 0 Å². The van der Waals surface area contributed by atoms with Crippen LogP contribution >= 0.6 is 0 Å². The van der Waals surface area contributed by atoms with Crippen molar-refractivity contribution in [3.63, 3.8) is 0 Å². The summed E-state index contributed by atoms with van der Waals surface area (Å²) in [5.74, 6) is -0.200. The summed E-state index contributed by atoms with van der Waals surface area (Å²) in [5, 5.41) is 3.83. The van der Waals surface area contributed by atoms with Crippen molar-refractivity contribution >= 4 is 28.3 Å². The van der Waals surface area contributed by atoms with E-state index < -0.39 is 0 Å². The quantitative estimate of drug-likeness (QED) is 0.701. The standard InChI is InChI=1S/C22H22N2O3/c1-14-5-4-6-19-15(2)13-21(27)24(22(14)19)12-11-20(26)23-18-9-7-17(8-10-18)16(3)25/h4-10,13H,11-12H2,1-3H3,(H,23,26). The maximum Gasteiger partial charge on any atom is 0.251 e. The molecule has 0 saturated carbocycles. The molecule has 1 heterocycles. The number of fused-ring (bicyclic) bond motifs is 1. The molecule has 1 N–H and O–H groups in total. The van der Waals surface area contributed by atoms with Crippen molar-refractivity contribution in [1.82, 2.24) is 4.57 Å². The number of nitrogens with zero attached hydrogens (tertiary/aromatic N) is 1. The molecule has 0 bridgehead atoms. The number of ketones is 1. The molecule has 5 nitrogen and oxygen atoms in total. The maximum absolute atomic E-state index is 12.5. The molecule has 2 aromatic carbocycles. The number of anilines is 1. The smallest absolute Gasteiger partial charge is 0.251 e. The molecule has 3 rings (SSSR count). The molecule has 3 aromatic rings. The van der Waals surface area contributed by atoms with Gasteiger partial charge in [-0.1, -0.05) is 18.2 Å². The molecule has 0 radical (unpaired) electrons. The van der Waals surface area contributed by atoms with Crippen LogP contribution in [0.1, 0.15) is 34.8 Å². The van der Waals surface area contributed by atoms with E-state index in [1.807, 2.05) is 32.0 Å². The second kappa shape index (κ2) is 7.58. The highest BCUT2D eigenvalue weighted by Gasteiger charge is 2.11. The largest absolute Gasteiger partial charge is 0.326 e. The van der Waals surface area contributed by atoms with Gasteiger partial charge in [0.2, 0.25) is 5.91 Å². The van der Waals surface area contributed by atoms with Crippen molar-refractivity contribution in [2.45, 2.75) is 33.7 Å². The number of carbonyl (C=O) groups is 2. The minimum atomic E-state index is -0.181. The molecular formula is C22H22N2O3. The second-order valence-electron chi connectivity index (χ2n) is 6.72. The zero-order valence-electron chi connectivity index (χ0n) is 15.7. The lowest BCUT2D eigenvalue weighted by molar-refractivity contribution is -0.116. The molecule has 5 heteroatoms. The molecule has 0 aliphatic heterocycles. The molecule has 27 heavy (non-hydrogen) atoms. The van der Waals surface area contributed by atoms with Gasteiger partial charge in [-0.15, -0.1) is 0 Å². The second-order valence-corrected chi connectivity index (χ2v) is 6.72. The van der Waals surface area contributed by atoms with E-state index in [0.29, 0.717) is 17.8 Å². The Balaban J connectivity index is 1.78. The van der Waals surface area contributed by atoms with Crippen LogP contribution in [0.4, 0.5) is 5.69 Å². The van der Waals surface area contributed by atoms with Crippen LogP contribution in [0.3, 0.4) is 0 Å². The van der Waals surface area contributed by atoms with E-state index in [1.54, 1.807) is 34.9 Å². The van der Waals surface area contributed by atoms with Crippen LogP contribution in [0, 0.1) is 13.8 Å². The number of hydrogen-bond acceptors (Lipinski definition) is 3. The lowest BCUT2D eigenvalue weighted by Gasteiger charge is -2.14. The van der Waals surface area contributed by atoms with Crippen molar-refractivity contribution in [2.75, 3.05) is 5.32 Å². The lowest BCUT2D eigenvalue weighted by Crippen LogP contribution is -2.24. The minimum Gasteiger partial charge on any atom is -0.326 e. The van der Waals surface area contributed by atoms with Gasteiger partial charge in [0.05, 0.1) is 5.52 Å². The topological polar surface area (TPSA) is 68.2 Å². The molecule has 1 aromatic heterocycles. The number of hydrogen-bond donors (Lipinski definition) is 1. The fourth-order valence-corrected chi connectivity index (χ4v) is 3.23. The average molecular weight is 362 g/mol. The van der Waals surface area contributed by atoms with Gasteiger partial charge in [-0.2, -0.15) is 0 Å². The number of carbonyl (C=O) groups excluding carboxylic acids is 2. The highest BCUT2D eigenvalue weighted by atomic mass is 16.2. The first-order chi connectivity index (χ1) is 12.9. The minimum absolute atomic E-state index is 0.0196. The van der Waals surface area contributed by atoms with Gasteiger partial charge in [-0.05, 0) is 56.2 Å². The third-order valence-electron chi connectivity index (χ3n) is 4.68. The SMILES string of the molecule is CC(=O)c1ccc(NC(=O)CCn2c(=O)cc(C)c3cccc(C)c32)cc1. The highest BCUT2D eigenvalue weighted by molar-refractivity contribution is 5.95. The zero-order valence-corrected chi connectivity index (χ0v) is 15.7. The third kappa shape index (κ3) is 3.97. The Morgan fingerprint density at radius 2 is 1.70 bits per heavy atom. The number of pyridine rings is 1. The van der Waals surface area contributed by atoms with Gasteiger partial charge in [0, 0.05) is 35.7 Å². The van der Waals surface area contributed by atoms with Crippen LogP contribution in [-0.2, 0) is 11.3 Å². The monoisotopic (exact) mass is 362 g/mol. The summed E-state index contributed by atoms with van der Waals surface area (Å²) in [7, 11) is 0. The van der Waals surface area contributed by atoms with Gasteiger partial charge in [0.25, 0.3) is 5.56 Å². The van der Waals surface area contributed by atoms with E-state index in [4.69, 9.17) is 0 Å². The maximum atomic E-state index is 12.5. The summed E-state index contributed by atoms with van der Waals surface area (Å²) in [4.78, 5) is 36.1. The first-order valence-corrected chi connectivity index (χ1v) is 8.87. The fraction of sp³-hybridized carbons (Fsp3) is 0.227. The number of para-hydroxylation sites is 1. The summed E-state index contributed by atoms with van der Waals surface area (Å²) < 4.78 is 1.66. The summed E-state index contributed by atoms with van der Waals surface area (Å²) in [6.07, 6.45) is 0.181. The Morgan fingerprint density at radius 3 is 2.37 bits per heavy atom. The molecule has 0 spiro atoms. The van der Waals surface area contributed by atoms with Crippen molar-refractivity contribution in [3.8, 4) is 0 Å². The number of aromatic nitrogens is 1. The van der Waals surface area contributed by atoms with Crippen LogP contribution in [-0.4, -0.2) is 16.3 Å². The first-order valence-electron chi connectivity index (χ1n) is 8.87. The van der Waals surface area contributed by atoms with Crippen LogP contribution in [0.25, 0.3) is 10.9 Å². The van der Waals surface area contributed by atoms with E-state index in [0.717, 1.165) is 22.0 Å². The predicted octanol–water partition coefficient (Wildman–Crippen LogP) is 3.85. The van der Waals surface area contributed by atoms with Gasteiger partial charge in [-0.3, -0.25) is 14.4 Å². The Morgan fingerprint density at radius 1 is 1.00 bits per heavy atom. The Kier molecular flexibility index (Phi) is 5.21. The summed E-state index contributed by atoms with van der Waals surface area (Å²) in [6, 6.07) is 14.3. The van der Waals surface area contributed by atoms with Crippen molar-refractivity contribution in [2.24, 2.45) is 0 Å². The fourth-order valence-electron chi connectivity index (χ4n) is 3.23. The van der Waals surface area contributed by atoms with Gasteiger partial charge in [-0.25, -0.2) is 0 Å². The molecule has 0 fully saturated rings. The Hall–Kier alpha value is -3.21. The summed E-state index contributed by atoms with van der Waals surface area (Å²) >= 11 is 0. The predicted molar refractivity (Wildman–Crippen MR) is 107 cm³/mol. The molecule has 0 saturated heterocycles. The summed E-state index contributed by atoms with van der Waals surface area (Å²) in [6.45, 7) is 5.69. The number of benzene rings is 2. The van der Waals surface area contributed by atoms with Crippen molar-refractivity contribution < 1.29 is 9.59 Å². The van der Waals surface area contributed by atoms with E-state index in [2.05, 4.69) is 5.32 Å². The number of nitrogens with one attached hydrogen (secondary N) is 1. The molecule has 0 aliphatic carbocycles. The number of aryl methyl sites for hydroxylation is 3. The Bertz CT molecular complexity index is 1080. The number of rotatable bonds is 5. The highest BCUT2D eigenvalue weighted by Crippen LogP contribution is 2.20. The Labute approximate surface area is 157 Å². The van der Waals surface area contributed by atoms with Gasteiger partial charge < -0.3 is 9.88 Å². The van der Waals surface area contributed by atoms with E-state index in [1.165, 1.54) is 6.92 Å². The van der Waals surface area contributed by atoms with Crippen LogP contribution in [0.15, 0.2) is 53.3 Å². The van der Waals surface area contributed by atoms with Crippen LogP contribution in [0.5, 0.6) is 0 Å². The normalized spacial score (nSPS) is 10.8. The number of Topliss-reactive ketones (excluding diaryl/α,β-unsaturated/α-hetero) is 1. The average Bonchev–Trinajstić information content (AvgIpc) is 2.62. The van der Waals surface area contributed by atoms with Crippen LogP contribution in [0.2, 0.25) is 0 Å². The first kappa shape index (κ1) is 18.6. The van der Waals surface area contributed by atoms with Crippen LogP contribution < -0.4 is 10.9 Å². The summed E-state index contributed by atoms with van der Waals surface area (Å²) in [5.41, 5.74) is 3.94. The van der Waals surface area contributed by atoms with Gasteiger partial charge in [0.15, 0.2) is 5.78 Å². The van der Waals surface area contributed by atoms with Crippen molar-refractivity contribution in [3.05, 3.63) is 75.6 Å². The zero-order chi connectivity index (χ0) is 19.6. The number of amides is 1. The molecular weight excluding hydrogens is 340 g/mol. The lowest BCUT2D eigenvalue weighted by atomic mass is 10.1. The van der Waals surface area contributed by atoms with E-state index in [9.17, 15) is 14.4 Å². The molecule has 0 aliphatic rings. The van der Waals surface area contributed by atoms with Gasteiger partial charge >= 0.3 is 0 Å². The molecule has 0 unspecified atom stereocenters. The third-order valence-corrected chi connectivity index (χ3v) is 4.68. The van der Waals surface area contributed by atoms with Crippen molar-refractivity contribution in [1.29, 1.82) is 0 Å². The molecule has 0 atom stereocenters. The molecule has 1 amide bonds.